The highest BCUT2D eigenvalue weighted by atomic mass is 15.1. The van der Waals surface area contributed by atoms with Gasteiger partial charge in [-0.2, -0.15) is 4.57 Å². The molecule has 2 aromatic carbocycles. The molecule has 4 heteroatoms. The molecule has 0 saturated heterocycles. The van der Waals surface area contributed by atoms with Crippen molar-refractivity contribution in [3.63, 3.8) is 0 Å². The van der Waals surface area contributed by atoms with E-state index in [9.17, 15) is 0 Å². The summed E-state index contributed by atoms with van der Waals surface area (Å²) in [4.78, 5) is 14.8. The molecule has 0 N–H and O–H groups in total. The van der Waals surface area contributed by atoms with Crippen molar-refractivity contribution in [3.8, 4) is 22.6 Å². The van der Waals surface area contributed by atoms with Crippen molar-refractivity contribution in [1.29, 1.82) is 0 Å². The number of hydrogen-bond acceptors (Lipinski definition) is 3. The zero-order chi connectivity index (χ0) is 27.5. The molecular weight excluding hydrogens is 452 g/mol. The maximum absolute atomic E-state index is 4.98. The van der Waals surface area contributed by atoms with Crippen LogP contribution in [0.5, 0.6) is 0 Å². The summed E-state index contributed by atoms with van der Waals surface area (Å²) in [7, 11) is 2.16. The van der Waals surface area contributed by atoms with Gasteiger partial charge < -0.3 is 0 Å². The number of aryl methyl sites for hydroxylation is 2. The topological polar surface area (TPSA) is 42.6 Å². The molecule has 2 heterocycles. The first-order valence-electron chi connectivity index (χ1n) is 13.3. The van der Waals surface area contributed by atoms with Crippen LogP contribution in [0.2, 0.25) is 0 Å². The van der Waals surface area contributed by atoms with Crippen LogP contribution in [0.25, 0.3) is 33.5 Å². The van der Waals surface area contributed by atoms with Crippen molar-refractivity contribution in [2.24, 2.45) is 7.05 Å². The van der Waals surface area contributed by atoms with E-state index in [0.717, 1.165) is 33.9 Å². The van der Waals surface area contributed by atoms with Crippen LogP contribution in [0.3, 0.4) is 0 Å². The fraction of sp³-hybridized carbons (Fsp3) is 0.455. The first-order chi connectivity index (χ1) is 17.0. The highest BCUT2D eigenvalue weighted by molar-refractivity contribution is 5.92. The Morgan fingerprint density at radius 3 is 1.78 bits per heavy atom. The van der Waals surface area contributed by atoms with Crippen LogP contribution in [-0.2, 0) is 23.3 Å². The zero-order valence-corrected chi connectivity index (χ0v) is 24.8. The molecule has 0 bridgehead atoms. The number of nitrogens with zero attached hydrogens (tertiary/aromatic N) is 4. The summed E-state index contributed by atoms with van der Waals surface area (Å²) in [5.41, 5.74) is 8.42. The Kier molecular flexibility index (Phi) is 6.55. The normalized spacial score (nSPS) is 12.9. The lowest BCUT2D eigenvalue weighted by molar-refractivity contribution is -0.633. The lowest BCUT2D eigenvalue weighted by Crippen LogP contribution is -2.32. The first kappa shape index (κ1) is 26.9. The molecule has 0 aliphatic heterocycles. The Morgan fingerprint density at radius 1 is 0.649 bits per heavy atom. The summed E-state index contributed by atoms with van der Waals surface area (Å²) in [5, 5.41) is 1.14. The quantitative estimate of drug-likeness (QED) is 0.268. The van der Waals surface area contributed by atoms with Crippen molar-refractivity contribution >= 4 is 10.9 Å². The maximum Gasteiger partial charge on any atom is 0.213 e. The lowest BCUT2D eigenvalue weighted by Gasteiger charge is -2.23. The number of aromatic nitrogens is 4. The molecule has 194 valence electrons. The van der Waals surface area contributed by atoms with Gasteiger partial charge in [0.25, 0.3) is 0 Å². The molecule has 4 rings (SSSR count). The largest absolute Gasteiger partial charge is 0.217 e. The number of fused-ring (bicyclic) bond motifs is 1. The van der Waals surface area contributed by atoms with Crippen LogP contribution < -0.4 is 4.57 Å². The van der Waals surface area contributed by atoms with Crippen molar-refractivity contribution in [2.75, 3.05) is 0 Å². The fourth-order valence-electron chi connectivity index (χ4n) is 4.62. The molecule has 0 unspecified atom stereocenters. The minimum atomic E-state index is -0.173. The van der Waals surface area contributed by atoms with Crippen molar-refractivity contribution in [3.05, 3.63) is 70.8 Å². The van der Waals surface area contributed by atoms with Crippen LogP contribution in [0.4, 0.5) is 0 Å². The fourth-order valence-corrected chi connectivity index (χ4v) is 4.62. The number of hydrogen-bond donors (Lipinski definition) is 0. The molecule has 0 atom stereocenters. The van der Waals surface area contributed by atoms with E-state index in [2.05, 4.69) is 130 Å². The van der Waals surface area contributed by atoms with E-state index in [-0.39, 0.29) is 16.2 Å². The van der Waals surface area contributed by atoms with Crippen molar-refractivity contribution < 1.29 is 4.57 Å². The SMILES string of the molecule is Cc1cc(C(C)(C)C)cc(-c2ccc3c(-c4nc(C(C)(C)C)nc(C(C)(C)C)n4)cccc3[n+]2C)c1C. The maximum atomic E-state index is 4.98. The van der Waals surface area contributed by atoms with Crippen molar-refractivity contribution in [1.82, 2.24) is 15.0 Å². The molecule has 0 aliphatic carbocycles. The monoisotopic (exact) mass is 495 g/mol. The summed E-state index contributed by atoms with van der Waals surface area (Å²) in [6.45, 7) is 24.2. The molecule has 0 fully saturated rings. The van der Waals surface area contributed by atoms with Gasteiger partial charge in [-0.05, 0) is 48.1 Å². The minimum absolute atomic E-state index is 0.0873. The molecule has 0 radical (unpaired) electrons. The minimum Gasteiger partial charge on any atom is -0.217 e. The third-order valence-electron chi connectivity index (χ3n) is 7.24. The predicted octanol–water partition coefficient (Wildman–Crippen LogP) is 7.69. The average Bonchev–Trinajstić information content (AvgIpc) is 2.79. The van der Waals surface area contributed by atoms with Gasteiger partial charge in [0.2, 0.25) is 11.2 Å². The Balaban J connectivity index is 1.97. The Morgan fingerprint density at radius 2 is 1.24 bits per heavy atom. The highest BCUT2D eigenvalue weighted by Crippen LogP contribution is 2.34. The predicted molar refractivity (Wildman–Crippen MR) is 155 cm³/mol. The standard InChI is InChI=1S/C33H43N4/c1-20-18-22(31(3,4)5)19-25(21(20)2)27-17-16-23-24(14-13-15-26(23)37(27)12)28-34-29(32(6,7)8)36-30(35-28)33(9,10)11/h13-19H,1-12H3/q+1. The van der Waals surface area contributed by atoms with Crippen LogP contribution >= 0.6 is 0 Å². The van der Waals surface area contributed by atoms with Gasteiger partial charge in [-0.15, -0.1) is 0 Å². The third-order valence-corrected chi connectivity index (χ3v) is 7.24. The van der Waals surface area contributed by atoms with Gasteiger partial charge in [-0.1, -0.05) is 80.5 Å². The van der Waals surface area contributed by atoms with E-state index < -0.39 is 0 Å². The second-order valence-electron chi connectivity index (χ2n) is 13.5. The summed E-state index contributed by atoms with van der Waals surface area (Å²) in [5.74, 6) is 2.39. The van der Waals surface area contributed by atoms with Gasteiger partial charge in [0.1, 0.15) is 18.7 Å². The summed E-state index contributed by atoms with van der Waals surface area (Å²) in [6.07, 6.45) is 0. The van der Waals surface area contributed by atoms with Crippen LogP contribution in [-0.4, -0.2) is 15.0 Å². The number of pyridine rings is 1. The molecule has 0 aliphatic rings. The summed E-state index contributed by atoms with van der Waals surface area (Å²) in [6, 6.07) is 15.6. The van der Waals surface area contributed by atoms with E-state index in [1.165, 1.54) is 27.9 Å². The van der Waals surface area contributed by atoms with Crippen molar-refractivity contribution in [2.45, 2.75) is 92.4 Å². The Labute approximate surface area is 223 Å². The molecule has 4 aromatic rings. The highest BCUT2D eigenvalue weighted by Gasteiger charge is 2.27. The lowest BCUT2D eigenvalue weighted by atomic mass is 9.83. The summed E-state index contributed by atoms with van der Waals surface area (Å²) < 4.78 is 2.31. The van der Waals surface area contributed by atoms with Gasteiger partial charge in [0.15, 0.2) is 5.82 Å². The molecule has 4 nitrogen and oxygen atoms in total. The zero-order valence-electron chi connectivity index (χ0n) is 24.8. The van der Waals surface area contributed by atoms with E-state index in [4.69, 9.17) is 15.0 Å². The van der Waals surface area contributed by atoms with Crippen LogP contribution in [0.15, 0.2) is 42.5 Å². The van der Waals surface area contributed by atoms with Gasteiger partial charge in [-0.25, -0.2) is 15.0 Å². The number of rotatable bonds is 2. The van der Waals surface area contributed by atoms with Crippen LogP contribution in [0.1, 0.15) is 90.7 Å². The molecule has 37 heavy (non-hydrogen) atoms. The van der Waals surface area contributed by atoms with E-state index >= 15 is 0 Å². The van der Waals surface area contributed by atoms with E-state index in [1.807, 2.05) is 0 Å². The van der Waals surface area contributed by atoms with Gasteiger partial charge in [-0.3, -0.25) is 0 Å². The smallest absolute Gasteiger partial charge is 0.213 e. The number of benzene rings is 2. The van der Waals surface area contributed by atoms with Gasteiger partial charge in [0, 0.05) is 34.1 Å². The Hall–Kier alpha value is -3.14. The average molecular weight is 496 g/mol. The Bertz CT molecular complexity index is 1460. The molecule has 0 amide bonds. The van der Waals surface area contributed by atoms with E-state index in [1.54, 1.807) is 0 Å². The molecular formula is C33H43N4+. The van der Waals surface area contributed by atoms with E-state index in [0.29, 0.717) is 0 Å². The van der Waals surface area contributed by atoms with Crippen LogP contribution in [0, 0.1) is 13.8 Å². The molecule has 2 aromatic heterocycles. The first-order valence-corrected chi connectivity index (χ1v) is 13.3. The third kappa shape index (κ3) is 5.16. The van der Waals surface area contributed by atoms with Gasteiger partial charge >= 0.3 is 0 Å². The molecule has 0 spiro atoms. The molecule has 0 saturated carbocycles. The van der Waals surface area contributed by atoms with Gasteiger partial charge in [0.05, 0.1) is 5.39 Å². The second kappa shape index (κ2) is 9.01. The second-order valence-corrected chi connectivity index (χ2v) is 13.5. The summed E-state index contributed by atoms with van der Waals surface area (Å²) >= 11 is 0.